The third-order valence-electron chi connectivity index (χ3n) is 6.14. The molecule has 4 rings (SSSR count). The van der Waals surface area contributed by atoms with Gasteiger partial charge < -0.3 is 15.5 Å². The van der Waals surface area contributed by atoms with Gasteiger partial charge in [-0.15, -0.1) is 24.0 Å². The van der Waals surface area contributed by atoms with Crippen LogP contribution in [0, 0.1) is 5.41 Å². The Hall–Kier alpha value is -0.610. The topological polar surface area (TPSA) is 63.2 Å². The highest BCUT2D eigenvalue weighted by molar-refractivity contribution is 14.0. The van der Waals surface area contributed by atoms with Crippen molar-refractivity contribution in [1.29, 1.82) is 0 Å². The molecule has 8 heteroatoms. The highest BCUT2D eigenvalue weighted by Crippen LogP contribution is 2.38. The smallest absolute Gasteiger partial charge is 0.230 e. The predicted molar refractivity (Wildman–Crippen MR) is 116 cm³/mol. The van der Waals surface area contributed by atoms with E-state index in [1.165, 1.54) is 26.2 Å². The molecule has 3 saturated heterocycles. The summed E-state index contributed by atoms with van der Waals surface area (Å²) in [6.45, 7) is 7.50. The number of hydrogen-bond donors (Lipinski definition) is 2. The number of piperazine rings is 3. The number of amides is 1. The first-order chi connectivity index (χ1) is 12.0. The Morgan fingerprint density at radius 3 is 2.31 bits per heavy atom. The fourth-order valence-corrected chi connectivity index (χ4v) is 4.60. The number of rotatable bonds is 5. The van der Waals surface area contributed by atoms with Gasteiger partial charge in [-0.2, -0.15) is 0 Å². The van der Waals surface area contributed by atoms with E-state index in [-0.39, 0.29) is 35.3 Å². The van der Waals surface area contributed by atoms with Gasteiger partial charge in [-0.25, -0.2) is 0 Å². The van der Waals surface area contributed by atoms with Gasteiger partial charge in [0.25, 0.3) is 0 Å². The van der Waals surface area contributed by atoms with E-state index < -0.39 is 0 Å². The second-order valence-corrected chi connectivity index (χ2v) is 7.98. The van der Waals surface area contributed by atoms with Crippen molar-refractivity contribution in [3.05, 3.63) is 0 Å². The molecule has 26 heavy (non-hydrogen) atoms. The van der Waals surface area contributed by atoms with Gasteiger partial charge >= 0.3 is 0 Å². The summed E-state index contributed by atoms with van der Waals surface area (Å²) < 4.78 is 0. The zero-order valence-corrected chi connectivity index (χ0v) is 18.8. The quantitative estimate of drug-likeness (QED) is 0.341. The lowest BCUT2D eigenvalue weighted by Crippen LogP contribution is -2.64. The van der Waals surface area contributed by atoms with E-state index in [2.05, 4.69) is 25.4 Å². The number of aliphatic imine (C=N–C) groups is 1. The summed E-state index contributed by atoms with van der Waals surface area (Å²) in [6, 6.07) is 0.560. The number of carbonyl (C=O) groups excluding carboxylic acids is 1. The first-order valence-corrected chi connectivity index (χ1v) is 9.67. The lowest BCUT2D eigenvalue weighted by atomic mass is 9.84. The third kappa shape index (κ3) is 4.81. The first-order valence-electron chi connectivity index (χ1n) is 9.67. The molecule has 0 spiro atoms. The second-order valence-electron chi connectivity index (χ2n) is 7.98. The number of guanidine groups is 1. The minimum atomic E-state index is -0.264. The Bertz CT molecular complexity index is 498. The van der Waals surface area contributed by atoms with Gasteiger partial charge in [0.1, 0.15) is 0 Å². The molecule has 2 bridgehead atoms. The average Bonchev–Trinajstić information content (AvgIpc) is 3.12. The SMILES string of the molecule is CN=C(NCC1CN2CCN1CC2)NCC1(C(=O)N(C)C)CCCC1.I. The van der Waals surface area contributed by atoms with Crippen LogP contribution in [0.4, 0.5) is 0 Å². The van der Waals surface area contributed by atoms with Crippen LogP contribution in [0.25, 0.3) is 0 Å². The molecule has 2 N–H and O–H groups in total. The molecule has 4 fully saturated rings. The van der Waals surface area contributed by atoms with Crippen molar-refractivity contribution >= 4 is 35.8 Å². The van der Waals surface area contributed by atoms with Gasteiger partial charge in [-0.1, -0.05) is 12.8 Å². The Kier molecular flexibility index (Phi) is 7.96. The molecule has 1 unspecified atom stereocenters. The highest BCUT2D eigenvalue weighted by atomic mass is 127. The first kappa shape index (κ1) is 21.7. The van der Waals surface area contributed by atoms with E-state index in [4.69, 9.17) is 0 Å². The van der Waals surface area contributed by atoms with Crippen LogP contribution < -0.4 is 10.6 Å². The van der Waals surface area contributed by atoms with Crippen molar-refractivity contribution in [3.63, 3.8) is 0 Å². The minimum Gasteiger partial charge on any atom is -0.355 e. The van der Waals surface area contributed by atoms with Gasteiger partial charge in [-0.05, 0) is 12.8 Å². The molecule has 3 aliphatic heterocycles. The Morgan fingerprint density at radius 1 is 1.15 bits per heavy atom. The fraction of sp³-hybridized carbons (Fsp3) is 0.889. The van der Waals surface area contributed by atoms with Crippen LogP contribution in [0.1, 0.15) is 25.7 Å². The summed E-state index contributed by atoms with van der Waals surface area (Å²) in [5, 5.41) is 6.91. The summed E-state index contributed by atoms with van der Waals surface area (Å²) in [7, 11) is 5.52. The van der Waals surface area contributed by atoms with Gasteiger partial charge in [0.2, 0.25) is 5.91 Å². The molecule has 0 radical (unpaired) electrons. The maximum atomic E-state index is 12.7. The normalized spacial score (nSPS) is 29.8. The molecular weight excluding hydrogens is 443 g/mol. The number of fused-ring (bicyclic) bond motifs is 3. The van der Waals surface area contributed by atoms with Crippen molar-refractivity contribution in [1.82, 2.24) is 25.3 Å². The summed E-state index contributed by atoms with van der Waals surface area (Å²) in [6.07, 6.45) is 4.22. The van der Waals surface area contributed by atoms with Gasteiger partial charge in [0.15, 0.2) is 5.96 Å². The number of halogens is 1. The van der Waals surface area contributed by atoms with E-state index in [0.29, 0.717) is 12.6 Å². The van der Waals surface area contributed by atoms with E-state index in [0.717, 1.165) is 44.7 Å². The minimum absolute atomic E-state index is 0. The van der Waals surface area contributed by atoms with Crippen molar-refractivity contribution < 1.29 is 4.79 Å². The highest BCUT2D eigenvalue weighted by Gasteiger charge is 2.42. The van der Waals surface area contributed by atoms with Crippen LogP contribution >= 0.6 is 24.0 Å². The predicted octanol–water partition coefficient (Wildman–Crippen LogP) is 0.418. The van der Waals surface area contributed by atoms with Crippen LogP contribution in [-0.4, -0.2) is 99.6 Å². The Morgan fingerprint density at radius 2 is 1.81 bits per heavy atom. The van der Waals surface area contributed by atoms with E-state index in [1.807, 2.05) is 14.1 Å². The van der Waals surface area contributed by atoms with Gasteiger partial charge in [0, 0.05) is 73.0 Å². The zero-order chi connectivity index (χ0) is 17.9. The van der Waals surface area contributed by atoms with E-state index in [1.54, 1.807) is 11.9 Å². The van der Waals surface area contributed by atoms with Crippen molar-refractivity contribution in [2.24, 2.45) is 10.4 Å². The maximum Gasteiger partial charge on any atom is 0.230 e. The largest absolute Gasteiger partial charge is 0.355 e. The van der Waals surface area contributed by atoms with Crippen molar-refractivity contribution in [3.8, 4) is 0 Å². The lowest BCUT2D eigenvalue weighted by Gasteiger charge is -2.47. The molecule has 0 aromatic heterocycles. The van der Waals surface area contributed by atoms with E-state index in [9.17, 15) is 4.79 Å². The average molecular weight is 478 g/mol. The summed E-state index contributed by atoms with van der Waals surface area (Å²) in [5.41, 5.74) is -0.264. The maximum absolute atomic E-state index is 12.7. The van der Waals surface area contributed by atoms with Crippen LogP contribution in [0.5, 0.6) is 0 Å². The summed E-state index contributed by atoms with van der Waals surface area (Å²) in [5.74, 6) is 1.06. The molecule has 3 heterocycles. The molecule has 4 aliphatic rings. The molecule has 0 aromatic carbocycles. The molecule has 150 valence electrons. The molecule has 7 nitrogen and oxygen atoms in total. The number of hydrogen-bond acceptors (Lipinski definition) is 4. The van der Waals surface area contributed by atoms with Crippen molar-refractivity contribution in [2.75, 3.05) is 67.0 Å². The van der Waals surface area contributed by atoms with Crippen molar-refractivity contribution in [2.45, 2.75) is 31.7 Å². The third-order valence-corrected chi connectivity index (χ3v) is 6.14. The number of nitrogens with zero attached hydrogens (tertiary/aromatic N) is 4. The lowest BCUT2D eigenvalue weighted by molar-refractivity contribution is -0.138. The molecular formula is C18H35IN6O. The summed E-state index contributed by atoms with van der Waals surface area (Å²) in [4.78, 5) is 23.9. The molecule has 0 aromatic rings. The van der Waals surface area contributed by atoms with Crippen LogP contribution in [0.2, 0.25) is 0 Å². The standard InChI is InChI=1S/C18H34N6O.HI/c1-19-17(20-12-15-13-23-8-10-24(15)11-9-23)21-14-18(6-4-5-7-18)16(25)22(2)3;/h15H,4-14H2,1-3H3,(H2,19,20,21);1H. The van der Waals surface area contributed by atoms with Gasteiger partial charge in [0.05, 0.1) is 5.41 Å². The van der Waals surface area contributed by atoms with Crippen LogP contribution in [0.15, 0.2) is 4.99 Å². The van der Waals surface area contributed by atoms with Crippen LogP contribution in [0.3, 0.4) is 0 Å². The molecule has 1 amide bonds. The number of nitrogens with one attached hydrogen (secondary N) is 2. The molecule has 1 saturated carbocycles. The fourth-order valence-electron chi connectivity index (χ4n) is 4.60. The summed E-state index contributed by atoms with van der Waals surface area (Å²) >= 11 is 0. The molecule has 1 aliphatic carbocycles. The number of carbonyl (C=O) groups is 1. The molecule has 1 atom stereocenters. The zero-order valence-electron chi connectivity index (χ0n) is 16.5. The van der Waals surface area contributed by atoms with Crippen LogP contribution in [-0.2, 0) is 4.79 Å². The Labute approximate surface area is 175 Å². The Balaban J connectivity index is 0.00000243. The van der Waals surface area contributed by atoms with Gasteiger partial charge in [-0.3, -0.25) is 19.6 Å². The monoisotopic (exact) mass is 478 g/mol. The second kappa shape index (κ2) is 9.54. The van der Waals surface area contributed by atoms with E-state index >= 15 is 0 Å².